The third-order valence-electron chi connectivity index (χ3n) is 23.6. The molecule has 49 nitrogen and oxygen atoms in total. The number of fused-ring (bicyclic) bond motifs is 1. The molecule has 4 rings (SSSR count). The molecule has 1 aliphatic heterocycles. The molecule has 0 spiro atoms. The summed E-state index contributed by atoms with van der Waals surface area (Å²) >= 11 is 0. The molecule has 0 saturated carbocycles. The minimum Gasteiger partial charge on any atom is -0.480 e. The Morgan fingerprint density at radius 1 is 0.393 bits per heavy atom. The molecule has 145 heavy (non-hydrogen) atoms. The van der Waals surface area contributed by atoms with E-state index in [0.29, 0.717) is 28.5 Å². The number of hydrogen-bond donors (Lipinski definition) is 25. The van der Waals surface area contributed by atoms with E-state index in [-0.39, 0.29) is 94.4 Å². The fraction of sp³-hybridized carbons (Fsp3) is 0.615. The summed E-state index contributed by atoms with van der Waals surface area (Å²) in [5, 5.41) is 65.5. The van der Waals surface area contributed by atoms with Gasteiger partial charge in [-0.05, 0) is 139 Å². The van der Waals surface area contributed by atoms with Crippen LogP contribution in [0.25, 0.3) is 10.9 Å². The number of rotatable bonds is 62. The van der Waals surface area contributed by atoms with Crippen molar-refractivity contribution in [2.24, 2.45) is 58.4 Å². The first-order valence-corrected chi connectivity index (χ1v) is 48.7. The maximum atomic E-state index is 14.7. The van der Waals surface area contributed by atoms with Crippen LogP contribution in [-0.2, 0) is 123 Å². The molecule has 1 fully saturated rings. The summed E-state index contributed by atoms with van der Waals surface area (Å²) in [6.45, 7) is 24.6. The topological polar surface area (TPSA) is 773 Å². The maximum Gasteiger partial charge on any atom is 0.322 e. The van der Waals surface area contributed by atoms with Gasteiger partial charge in [0.1, 0.15) is 103 Å². The molecule has 0 aliphatic carbocycles. The highest BCUT2D eigenvalue weighted by atomic mass is 16.4. The number of carbonyl (C=O) groups is 23. The number of benzene rings is 2. The predicted molar refractivity (Wildman–Crippen MR) is 528 cm³/mol. The molecule has 29 N–H and O–H groups in total. The molecule has 804 valence electrons. The zero-order chi connectivity index (χ0) is 109. The molecular weight excluding hydrogens is 1890 g/mol. The molecule has 22 amide bonds. The Kier molecular flexibility index (Phi) is 51.2. The second-order valence-electron chi connectivity index (χ2n) is 38.7. The van der Waals surface area contributed by atoms with E-state index in [9.17, 15) is 115 Å². The van der Waals surface area contributed by atoms with Crippen molar-refractivity contribution in [1.29, 1.82) is 0 Å². The minimum atomic E-state index is -1.83. The van der Waals surface area contributed by atoms with E-state index in [1.165, 1.54) is 39.5 Å². The van der Waals surface area contributed by atoms with Crippen molar-refractivity contribution < 1.29 is 120 Å². The monoisotopic (exact) mass is 2040 g/mol. The Labute approximate surface area is 842 Å². The van der Waals surface area contributed by atoms with Gasteiger partial charge in [-0.1, -0.05) is 138 Å². The molecule has 0 radical (unpaired) electrons. The first kappa shape index (κ1) is 123. The van der Waals surface area contributed by atoms with Crippen LogP contribution in [0.3, 0.4) is 0 Å². The van der Waals surface area contributed by atoms with Crippen LogP contribution < -0.4 is 119 Å². The van der Waals surface area contributed by atoms with E-state index < -0.39 is 295 Å². The molecule has 1 saturated heterocycles. The van der Waals surface area contributed by atoms with Gasteiger partial charge in [-0.2, -0.15) is 0 Å². The molecule has 2 heterocycles. The lowest BCUT2D eigenvalue weighted by atomic mass is 9.96. The lowest BCUT2D eigenvalue weighted by Crippen LogP contribution is -2.62. The quantitative estimate of drug-likeness (QED) is 0.0251. The largest absolute Gasteiger partial charge is 0.480 e. The van der Waals surface area contributed by atoms with Crippen molar-refractivity contribution in [3.63, 3.8) is 0 Å². The van der Waals surface area contributed by atoms with E-state index in [0.717, 1.165) is 0 Å². The second kappa shape index (κ2) is 60.3. The van der Waals surface area contributed by atoms with Gasteiger partial charge in [0.05, 0.1) is 31.7 Å². The number of aromatic amines is 1. The molecular formula is C96H150N24O25. The number of para-hydroxylation sites is 1. The Morgan fingerprint density at radius 2 is 0.800 bits per heavy atom. The SMILES string of the molecule is CC[C@H](C)[C@H](NC(=O)[C@H](CC(N)=O)NC(=O)[C@H](Cc1ccccc1)NC(=O)[C@H](CC(C)C)NC(=O)[C@H](CC(C)C)NC(=O)[C@@H](NC(=O)[C@@H](N)CCC(N)=O)[C@@H](C)O)C(=O)N[C@@H](CC(C)C)C(=O)NCC(=O)NCC(=O)N[C@@H](Cc1c[nH]c2ccccc12)C(=O)N[C@H](C(=O)N[C@@H](C)C(=O)N[C@@H](C)C(=O)N[C@@H](CCC(N)=O)C(=O)N[C@@H](CC(C)C)C(=O)N[C@@H](C)C(=O)N[C@@H](C)C(=O)N1CCC[C@H]1C(=O)NCC(=O)O)C(C)C. The van der Waals surface area contributed by atoms with Gasteiger partial charge in [0, 0.05) is 49.3 Å². The Hall–Kier alpha value is -14.3. The molecule has 19 atom stereocenters. The van der Waals surface area contributed by atoms with Gasteiger partial charge in [-0.25, -0.2) is 0 Å². The summed E-state index contributed by atoms with van der Waals surface area (Å²) < 4.78 is 0. The highest BCUT2D eigenvalue weighted by Crippen LogP contribution is 2.23. The van der Waals surface area contributed by atoms with Gasteiger partial charge < -0.3 is 139 Å². The summed E-state index contributed by atoms with van der Waals surface area (Å²) in [4.78, 5) is 317. The smallest absolute Gasteiger partial charge is 0.322 e. The van der Waals surface area contributed by atoms with E-state index in [2.05, 4.69) is 101 Å². The van der Waals surface area contributed by atoms with Crippen LogP contribution in [0.4, 0.5) is 0 Å². The van der Waals surface area contributed by atoms with Crippen LogP contribution in [0, 0.1) is 35.5 Å². The van der Waals surface area contributed by atoms with Gasteiger partial charge in [0.25, 0.3) is 0 Å². The lowest BCUT2D eigenvalue weighted by molar-refractivity contribution is -0.142. The number of nitrogens with one attached hydrogen (secondary N) is 19. The molecule has 3 aromatic rings. The van der Waals surface area contributed by atoms with Crippen molar-refractivity contribution in [3.05, 3.63) is 71.9 Å². The fourth-order valence-electron chi connectivity index (χ4n) is 15.5. The number of aliphatic carboxylic acids is 1. The average molecular weight is 2040 g/mol. The number of aliphatic hydroxyl groups excluding tert-OH is 1. The lowest BCUT2D eigenvalue weighted by Gasteiger charge is -2.30. The number of aromatic nitrogens is 1. The van der Waals surface area contributed by atoms with Crippen molar-refractivity contribution in [2.75, 3.05) is 26.2 Å². The van der Waals surface area contributed by atoms with Crippen molar-refractivity contribution in [2.45, 2.75) is 316 Å². The highest BCUT2D eigenvalue weighted by molar-refractivity contribution is 6.03. The summed E-state index contributed by atoms with van der Waals surface area (Å²) in [6, 6.07) is -9.03. The van der Waals surface area contributed by atoms with Crippen LogP contribution in [0.2, 0.25) is 0 Å². The van der Waals surface area contributed by atoms with E-state index in [1.807, 2.05) is 0 Å². The number of carbonyl (C=O) groups excluding carboxylic acids is 22. The maximum absolute atomic E-state index is 14.7. The average Bonchev–Trinajstić information content (AvgIpc) is 1.69. The number of carboxylic acid groups (broad SMARTS) is 1. The van der Waals surface area contributed by atoms with E-state index in [1.54, 1.807) is 144 Å². The highest BCUT2D eigenvalue weighted by Gasteiger charge is 2.42. The number of nitrogens with zero attached hydrogens (tertiary/aromatic N) is 1. The van der Waals surface area contributed by atoms with E-state index >= 15 is 0 Å². The van der Waals surface area contributed by atoms with Gasteiger partial charge in [-0.3, -0.25) is 110 Å². The zero-order valence-corrected chi connectivity index (χ0v) is 85.4. The first-order chi connectivity index (χ1) is 67.9. The third-order valence-corrected chi connectivity index (χ3v) is 23.6. The van der Waals surface area contributed by atoms with Crippen LogP contribution in [0.15, 0.2) is 60.8 Å². The number of likely N-dealkylation sites (tertiary alicyclic amines) is 1. The van der Waals surface area contributed by atoms with Crippen LogP contribution >= 0.6 is 0 Å². The van der Waals surface area contributed by atoms with Gasteiger partial charge in [-0.15, -0.1) is 0 Å². The fourth-order valence-corrected chi connectivity index (χ4v) is 15.5. The summed E-state index contributed by atoms with van der Waals surface area (Å²) in [6.07, 6.45) is -1.77. The van der Waals surface area contributed by atoms with Crippen molar-refractivity contribution in [3.8, 4) is 0 Å². The van der Waals surface area contributed by atoms with Crippen LogP contribution in [0.1, 0.15) is 206 Å². The second-order valence-corrected chi connectivity index (χ2v) is 38.7. The molecule has 1 aromatic heterocycles. The number of aliphatic hydroxyl groups is 1. The number of H-pyrrole nitrogens is 1. The molecule has 0 unspecified atom stereocenters. The third kappa shape index (κ3) is 42.7. The molecule has 0 bridgehead atoms. The number of nitrogens with two attached hydrogens (primary N) is 4. The van der Waals surface area contributed by atoms with Gasteiger partial charge in [0.15, 0.2) is 0 Å². The Balaban J connectivity index is 1.46. The minimum absolute atomic E-state index is 0.0226. The Bertz CT molecular complexity index is 5030. The normalized spacial score (nSPS) is 16.1. The van der Waals surface area contributed by atoms with Crippen molar-refractivity contribution >= 4 is 147 Å². The number of carboxylic acids is 1. The van der Waals surface area contributed by atoms with E-state index in [4.69, 9.17) is 28.0 Å². The summed E-state index contributed by atoms with van der Waals surface area (Å²) in [7, 11) is 0. The zero-order valence-electron chi connectivity index (χ0n) is 85.4. The van der Waals surface area contributed by atoms with Crippen LogP contribution in [0.5, 0.6) is 0 Å². The van der Waals surface area contributed by atoms with Gasteiger partial charge in [0.2, 0.25) is 130 Å². The van der Waals surface area contributed by atoms with Gasteiger partial charge >= 0.3 is 5.97 Å². The Morgan fingerprint density at radius 3 is 1.32 bits per heavy atom. The van der Waals surface area contributed by atoms with Crippen molar-refractivity contribution in [1.82, 2.24) is 106 Å². The molecule has 2 aromatic carbocycles. The molecule has 1 aliphatic rings. The standard InChI is InChI=1S/C96H150N24O25/c1-18-51(12)78(118-91(140)69(41-73(100)124)114-89(138)67(39-57-25-20-19-21-26-57)113-87(136)65(37-48(6)7)112-88(137)66(38-49(8)9)116-95(144)79(56(17)121)119-83(132)60(97)30-32-71(98)122)94(143)115-63(35-46(2)3)84(133)103-43-74(125)102-44-75(126)109-68(40-58-42-101-61-28-23-22-27-59(58)61)90(139)117-77(50(10)11)93(142)107-53(14)80(129)105-54(15)82(131)110-62(31-33-72(99)123)85(134)111-64(36-47(4)5)86(135)106-52(13)81(130)108-55(16)96(145)120-34-24-29-70(120)92(141)104-45-76(127)128/h19-23,25-28,42,46-56,60,62-70,77-79,101,121H,18,24,29-41,43-45,97H2,1-17H3,(H2,98,122)(H2,99,123)(H2,100,124)(H,102,125)(H,103,133)(H,104,141)(H,105,129)(H,106,135)(H,107,142)(H,108,130)(H,109,126)(H,110,131)(H,111,134)(H,112,137)(H,113,136)(H,114,138)(H,115,143)(H,116,144)(H,117,139)(H,118,140)(H,119,132)(H,127,128)/t51-,52-,53-,54-,55-,56+,60-,62-,63-,64-,65-,66-,67-,68-,69-,70-,77-,78-,79-/m0/s1. The number of primary amides is 3. The predicted octanol–water partition coefficient (Wildman–Crippen LogP) is -5.27. The van der Waals surface area contributed by atoms with Crippen LogP contribution in [-0.4, -0.2) is 291 Å². The number of hydrogen-bond acceptors (Lipinski definition) is 25. The molecule has 49 heteroatoms. The summed E-state index contributed by atoms with van der Waals surface area (Å²) in [5.74, 6) is -23.8. The first-order valence-electron chi connectivity index (χ1n) is 48.7. The summed E-state index contributed by atoms with van der Waals surface area (Å²) in [5.41, 5.74) is 23.9. The number of amides is 22.